The van der Waals surface area contributed by atoms with Crippen molar-refractivity contribution in [1.29, 1.82) is 0 Å². The summed E-state index contributed by atoms with van der Waals surface area (Å²) >= 11 is 0. The normalized spacial score (nSPS) is 18.5. The molecule has 0 aromatic heterocycles. The first-order valence-corrected chi connectivity index (χ1v) is 4.37. The van der Waals surface area contributed by atoms with Gasteiger partial charge in [-0.15, -0.1) is 0 Å². The Morgan fingerprint density at radius 2 is 2.43 bits per heavy atom. The highest BCUT2D eigenvalue weighted by Crippen LogP contribution is 2.34. The Morgan fingerprint density at radius 3 is 3.14 bits per heavy atom. The Kier molecular flexibility index (Phi) is 2.04. The second kappa shape index (κ2) is 3.21. The third-order valence-electron chi connectivity index (χ3n) is 2.39. The van der Waals surface area contributed by atoms with Crippen LogP contribution in [0.15, 0.2) is 18.2 Å². The summed E-state index contributed by atoms with van der Waals surface area (Å²) in [4.78, 5) is 11.3. The van der Waals surface area contributed by atoms with Crippen molar-refractivity contribution < 1.29 is 14.6 Å². The van der Waals surface area contributed by atoms with E-state index in [-0.39, 0.29) is 17.6 Å². The molecule has 0 spiro atoms. The average Bonchev–Trinajstić information content (AvgIpc) is 2.59. The molecule has 1 unspecified atom stereocenters. The summed E-state index contributed by atoms with van der Waals surface area (Å²) in [5.74, 6) is -0.306. The van der Waals surface area contributed by atoms with E-state index in [1.807, 2.05) is 0 Å². The molecule has 0 fully saturated rings. The predicted molar refractivity (Wildman–Crippen MR) is 51.4 cm³/mol. The molecule has 1 aromatic carbocycles. The van der Waals surface area contributed by atoms with Gasteiger partial charge in [-0.1, -0.05) is 6.07 Å². The molecule has 0 saturated heterocycles. The van der Waals surface area contributed by atoms with Crippen LogP contribution in [-0.4, -0.2) is 24.7 Å². The number of carbonyl (C=O) groups is 1. The molecule has 2 N–H and O–H groups in total. The lowest BCUT2D eigenvalue weighted by Gasteiger charge is -2.06. The van der Waals surface area contributed by atoms with Crippen molar-refractivity contribution in [2.45, 2.75) is 5.92 Å². The number of anilines is 1. The number of methoxy groups -OCH3 is 1. The minimum absolute atomic E-state index is 0.196. The third-order valence-corrected chi connectivity index (χ3v) is 2.39. The van der Waals surface area contributed by atoms with E-state index < -0.39 is 0 Å². The second-order valence-electron chi connectivity index (χ2n) is 3.23. The number of nitrogens with one attached hydrogen (secondary N) is 1. The summed E-state index contributed by atoms with van der Waals surface area (Å²) in [6, 6.07) is 4.92. The summed E-state index contributed by atoms with van der Waals surface area (Å²) in [6.45, 7) is 0.533. The van der Waals surface area contributed by atoms with Crippen LogP contribution in [0.1, 0.15) is 11.5 Å². The highest BCUT2D eigenvalue weighted by atomic mass is 16.5. The molecule has 74 valence electrons. The fourth-order valence-electron chi connectivity index (χ4n) is 1.68. The van der Waals surface area contributed by atoms with Gasteiger partial charge in [0.2, 0.25) is 0 Å². The van der Waals surface area contributed by atoms with Crippen LogP contribution in [0.5, 0.6) is 5.75 Å². The Morgan fingerprint density at radius 1 is 1.64 bits per heavy atom. The number of phenols is 1. The molecule has 0 bridgehead atoms. The molecule has 1 aliphatic heterocycles. The van der Waals surface area contributed by atoms with Crippen molar-refractivity contribution in [1.82, 2.24) is 0 Å². The van der Waals surface area contributed by atoms with Gasteiger partial charge in [-0.05, 0) is 11.6 Å². The second-order valence-corrected chi connectivity index (χ2v) is 3.23. The van der Waals surface area contributed by atoms with E-state index in [0.717, 1.165) is 11.3 Å². The zero-order valence-corrected chi connectivity index (χ0v) is 7.78. The lowest BCUT2D eigenvalue weighted by molar-refractivity contribution is -0.141. The highest BCUT2D eigenvalue weighted by molar-refractivity contribution is 5.84. The third kappa shape index (κ3) is 1.28. The predicted octanol–water partition coefficient (Wildman–Crippen LogP) is 1.07. The van der Waals surface area contributed by atoms with Gasteiger partial charge >= 0.3 is 5.97 Å². The number of benzene rings is 1. The first kappa shape index (κ1) is 8.87. The van der Waals surface area contributed by atoms with Crippen LogP contribution in [0, 0.1) is 0 Å². The minimum Gasteiger partial charge on any atom is -0.508 e. The SMILES string of the molecule is COC(=O)C1CNc2cc(O)ccc21. The van der Waals surface area contributed by atoms with Crippen molar-refractivity contribution in [2.75, 3.05) is 19.0 Å². The molecule has 1 aromatic rings. The standard InChI is InChI=1S/C10H11NO3/c1-14-10(13)8-5-11-9-4-6(12)2-3-7(8)9/h2-4,8,11-12H,5H2,1H3. The maximum Gasteiger partial charge on any atom is 0.315 e. The number of carbonyl (C=O) groups excluding carboxylic acids is 1. The van der Waals surface area contributed by atoms with Gasteiger partial charge in [0.05, 0.1) is 7.11 Å². The van der Waals surface area contributed by atoms with Gasteiger partial charge in [0.15, 0.2) is 0 Å². The summed E-state index contributed by atoms with van der Waals surface area (Å²) < 4.78 is 4.68. The van der Waals surface area contributed by atoms with Gasteiger partial charge in [0.25, 0.3) is 0 Å². The maximum atomic E-state index is 11.3. The monoisotopic (exact) mass is 193 g/mol. The van der Waals surface area contributed by atoms with Crippen LogP contribution in [0.2, 0.25) is 0 Å². The smallest absolute Gasteiger partial charge is 0.315 e. The van der Waals surface area contributed by atoms with E-state index in [1.54, 1.807) is 18.2 Å². The van der Waals surface area contributed by atoms with Crippen LogP contribution >= 0.6 is 0 Å². The number of phenolic OH excluding ortho intramolecular Hbond substituents is 1. The molecule has 1 heterocycles. The molecule has 4 nitrogen and oxygen atoms in total. The zero-order valence-electron chi connectivity index (χ0n) is 7.78. The van der Waals surface area contributed by atoms with Gasteiger partial charge in [0, 0.05) is 18.3 Å². The molecular weight excluding hydrogens is 182 g/mol. The molecule has 0 aliphatic carbocycles. The van der Waals surface area contributed by atoms with Crippen LogP contribution in [0.25, 0.3) is 0 Å². The summed E-state index contributed by atoms with van der Waals surface area (Å²) in [5, 5.41) is 12.3. The molecule has 1 aliphatic rings. The van der Waals surface area contributed by atoms with E-state index in [0.29, 0.717) is 6.54 Å². The Balaban J connectivity index is 2.35. The number of hydrogen-bond acceptors (Lipinski definition) is 4. The van der Waals surface area contributed by atoms with Crippen molar-refractivity contribution in [2.24, 2.45) is 0 Å². The van der Waals surface area contributed by atoms with E-state index in [2.05, 4.69) is 10.1 Å². The zero-order chi connectivity index (χ0) is 10.1. The molecule has 14 heavy (non-hydrogen) atoms. The average molecular weight is 193 g/mol. The Bertz CT molecular complexity index is 376. The fraction of sp³-hybridized carbons (Fsp3) is 0.300. The van der Waals surface area contributed by atoms with Crippen molar-refractivity contribution in [3.05, 3.63) is 23.8 Å². The molecule has 2 rings (SSSR count). The Labute approximate surface area is 81.5 Å². The first-order chi connectivity index (χ1) is 6.72. The Hall–Kier alpha value is -1.71. The van der Waals surface area contributed by atoms with Crippen LogP contribution < -0.4 is 5.32 Å². The van der Waals surface area contributed by atoms with E-state index >= 15 is 0 Å². The van der Waals surface area contributed by atoms with Crippen LogP contribution in [-0.2, 0) is 9.53 Å². The highest BCUT2D eigenvalue weighted by Gasteiger charge is 2.29. The number of esters is 1. The summed E-state index contributed by atoms with van der Waals surface area (Å²) in [5.41, 5.74) is 1.69. The van der Waals surface area contributed by atoms with Gasteiger partial charge in [-0.2, -0.15) is 0 Å². The number of hydrogen-bond donors (Lipinski definition) is 2. The number of fused-ring (bicyclic) bond motifs is 1. The van der Waals surface area contributed by atoms with Crippen molar-refractivity contribution in [3.8, 4) is 5.75 Å². The lowest BCUT2D eigenvalue weighted by Crippen LogP contribution is -2.15. The van der Waals surface area contributed by atoms with E-state index in [4.69, 9.17) is 0 Å². The van der Waals surface area contributed by atoms with Crippen LogP contribution in [0.4, 0.5) is 5.69 Å². The first-order valence-electron chi connectivity index (χ1n) is 4.37. The van der Waals surface area contributed by atoms with Crippen molar-refractivity contribution in [3.63, 3.8) is 0 Å². The van der Waals surface area contributed by atoms with E-state index in [9.17, 15) is 9.90 Å². The quantitative estimate of drug-likeness (QED) is 0.655. The van der Waals surface area contributed by atoms with Crippen LogP contribution in [0.3, 0.4) is 0 Å². The maximum absolute atomic E-state index is 11.3. The van der Waals surface area contributed by atoms with E-state index in [1.165, 1.54) is 7.11 Å². The fourth-order valence-corrected chi connectivity index (χ4v) is 1.68. The topological polar surface area (TPSA) is 58.6 Å². The molecule has 4 heteroatoms. The number of ether oxygens (including phenoxy) is 1. The van der Waals surface area contributed by atoms with Gasteiger partial charge in [-0.3, -0.25) is 4.79 Å². The lowest BCUT2D eigenvalue weighted by atomic mass is 10.0. The number of aromatic hydroxyl groups is 1. The van der Waals surface area contributed by atoms with Gasteiger partial charge in [0.1, 0.15) is 11.7 Å². The summed E-state index contributed by atoms with van der Waals surface area (Å²) in [6.07, 6.45) is 0. The molecule has 0 saturated carbocycles. The van der Waals surface area contributed by atoms with Crippen molar-refractivity contribution >= 4 is 11.7 Å². The summed E-state index contributed by atoms with van der Waals surface area (Å²) in [7, 11) is 1.38. The minimum atomic E-state index is -0.254. The largest absolute Gasteiger partial charge is 0.508 e. The molecular formula is C10H11NO3. The molecule has 0 radical (unpaired) electrons. The number of rotatable bonds is 1. The van der Waals surface area contributed by atoms with Gasteiger partial charge < -0.3 is 15.2 Å². The molecule has 0 amide bonds. The van der Waals surface area contributed by atoms with Gasteiger partial charge in [-0.25, -0.2) is 0 Å². The molecule has 1 atom stereocenters.